The van der Waals surface area contributed by atoms with E-state index in [0.717, 1.165) is 29.2 Å². The second-order valence-electron chi connectivity index (χ2n) is 7.75. The van der Waals surface area contributed by atoms with Crippen LogP contribution >= 0.6 is 0 Å². The molecule has 0 aliphatic heterocycles. The number of amides is 3. The lowest BCUT2D eigenvalue weighted by molar-refractivity contribution is -0.120. The van der Waals surface area contributed by atoms with Crippen molar-refractivity contribution in [1.82, 2.24) is 10.0 Å². The molecule has 184 valence electrons. The number of likely N-dealkylation sites (N-methyl/N-ethyl adjacent to an activating group) is 1. The van der Waals surface area contributed by atoms with E-state index in [0.29, 0.717) is 11.6 Å². The summed E-state index contributed by atoms with van der Waals surface area (Å²) in [6, 6.07) is 10.9. The van der Waals surface area contributed by atoms with Gasteiger partial charge in [-0.05, 0) is 60.5 Å². The zero-order chi connectivity index (χ0) is 25.8. The zero-order valence-corrected chi connectivity index (χ0v) is 19.6. The number of halogens is 3. The lowest BCUT2D eigenvalue weighted by atomic mass is 10.0. The molecule has 0 saturated heterocycles. The maximum Gasteiger partial charge on any atom is 0.329 e. The maximum absolute atomic E-state index is 13.7. The van der Waals surface area contributed by atoms with Crippen LogP contribution in [-0.4, -0.2) is 33.4 Å². The predicted octanol–water partition coefficient (Wildman–Crippen LogP) is 3.67. The minimum atomic E-state index is -4.27. The molecule has 3 aromatic carbocycles. The lowest BCUT2D eigenvalue weighted by Crippen LogP contribution is -2.52. The number of carbonyl (C=O) groups is 2. The summed E-state index contributed by atoms with van der Waals surface area (Å²) in [7, 11) is -2.91. The van der Waals surface area contributed by atoms with Gasteiger partial charge in [-0.1, -0.05) is 18.2 Å². The summed E-state index contributed by atoms with van der Waals surface area (Å²) >= 11 is 0. The Morgan fingerprint density at radius 2 is 1.51 bits per heavy atom. The van der Waals surface area contributed by atoms with Gasteiger partial charge >= 0.3 is 6.03 Å². The van der Waals surface area contributed by atoms with E-state index in [-0.39, 0.29) is 22.6 Å². The highest BCUT2D eigenvalue weighted by molar-refractivity contribution is 7.90. The maximum atomic E-state index is 13.7. The van der Waals surface area contributed by atoms with E-state index in [2.05, 4.69) is 5.32 Å². The third kappa shape index (κ3) is 6.60. The van der Waals surface area contributed by atoms with E-state index < -0.39 is 45.5 Å². The molecule has 0 aromatic heterocycles. The van der Waals surface area contributed by atoms with Crippen LogP contribution in [0.25, 0.3) is 0 Å². The van der Waals surface area contributed by atoms with Gasteiger partial charge in [-0.2, -0.15) is 0 Å². The molecule has 7 nitrogen and oxygen atoms in total. The van der Waals surface area contributed by atoms with Crippen molar-refractivity contribution in [3.05, 3.63) is 95.3 Å². The van der Waals surface area contributed by atoms with E-state index in [1.165, 1.54) is 31.3 Å². The molecule has 0 aliphatic carbocycles. The van der Waals surface area contributed by atoms with Gasteiger partial charge in [-0.25, -0.2) is 31.1 Å². The van der Waals surface area contributed by atoms with Gasteiger partial charge in [0.2, 0.25) is 5.91 Å². The van der Waals surface area contributed by atoms with Crippen LogP contribution in [0.3, 0.4) is 0 Å². The molecule has 0 aliphatic rings. The first-order valence-electron chi connectivity index (χ1n) is 10.3. The summed E-state index contributed by atoms with van der Waals surface area (Å²) in [5.74, 6) is -3.03. The smallest absolute Gasteiger partial charge is 0.325 e. The molecular formula is C24H22F3N3O4S. The highest BCUT2D eigenvalue weighted by Gasteiger charge is 2.28. The molecule has 35 heavy (non-hydrogen) atoms. The molecule has 3 aromatic rings. The number of anilines is 1. The average molecular weight is 506 g/mol. The Hall–Kier alpha value is -3.86. The molecule has 0 unspecified atom stereocenters. The van der Waals surface area contributed by atoms with Gasteiger partial charge in [0.25, 0.3) is 10.0 Å². The molecule has 11 heteroatoms. The number of aryl methyl sites for hydroxylation is 1. The van der Waals surface area contributed by atoms with E-state index in [9.17, 15) is 31.2 Å². The fourth-order valence-corrected chi connectivity index (χ4v) is 4.58. The van der Waals surface area contributed by atoms with Gasteiger partial charge in [0, 0.05) is 25.2 Å². The predicted molar refractivity (Wildman–Crippen MR) is 124 cm³/mol. The lowest BCUT2D eigenvalue weighted by Gasteiger charge is -2.25. The van der Waals surface area contributed by atoms with Crippen LogP contribution in [0.2, 0.25) is 0 Å². The van der Waals surface area contributed by atoms with Crippen LogP contribution in [-0.2, 0) is 21.2 Å². The van der Waals surface area contributed by atoms with Crippen molar-refractivity contribution in [2.75, 3.05) is 11.9 Å². The Balaban J connectivity index is 1.86. The number of sulfonamides is 1. The fraction of sp³-hybridized carbons (Fsp3) is 0.167. The Bertz CT molecular complexity index is 1330. The average Bonchev–Trinajstić information content (AvgIpc) is 2.77. The fourth-order valence-electron chi connectivity index (χ4n) is 3.41. The highest BCUT2D eigenvalue weighted by atomic mass is 32.2. The Kier molecular flexibility index (Phi) is 7.80. The van der Waals surface area contributed by atoms with Crippen molar-refractivity contribution in [1.29, 1.82) is 0 Å². The van der Waals surface area contributed by atoms with Crippen LogP contribution in [0.15, 0.2) is 71.6 Å². The molecule has 0 fully saturated rings. The van der Waals surface area contributed by atoms with Gasteiger partial charge in [0.05, 0.1) is 4.90 Å². The second-order valence-corrected chi connectivity index (χ2v) is 9.40. The van der Waals surface area contributed by atoms with Crippen molar-refractivity contribution < 1.29 is 31.2 Å². The second kappa shape index (κ2) is 10.6. The number of rotatable bonds is 7. The van der Waals surface area contributed by atoms with E-state index in [1.54, 1.807) is 19.1 Å². The SMILES string of the molecule is Cc1ccccc1S(=O)(=O)NC(=O)N[C@@H](Cc1cc(F)cc(F)c1)C(=O)N(C)c1ccc(F)cc1. The molecule has 3 rings (SSSR count). The summed E-state index contributed by atoms with van der Waals surface area (Å²) in [6.45, 7) is 1.55. The first-order chi connectivity index (χ1) is 16.5. The molecule has 0 radical (unpaired) electrons. The van der Waals surface area contributed by atoms with Gasteiger partial charge in [-0.3, -0.25) is 4.79 Å². The zero-order valence-electron chi connectivity index (χ0n) is 18.8. The number of hydrogen-bond acceptors (Lipinski definition) is 4. The van der Waals surface area contributed by atoms with Gasteiger partial charge in [0.15, 0.2) is 0 Å². The third-order valence-electron chi connectivity index (χ3n) is 5.12. The number of carbonyl (C=O) groups excluding carboxylic acids is 2. The summed E-state index contributed by atoms with van der Waals surface area (Å²) in [5.41, 5.74) is 0.726. The number of nitrogens with one attached hydrogen (secondary N) is 2. The molecule has 0 saturated carbocycles. The molecule has 3 amide bonds. The Morgan fingerprint density at radius 3 is 2.11 bits per heavy atom. The summed E-state index contributed by atoms with van der Waals surface area (Å²) < 4.78 is 67.8. The number of benzene rings is 3. The minimum Gasteiger partial charge on any atom is -0.325 e. The number of urea groups is 1. The van der Waals surface area contributed by atoms with E-state index in [1.807, 2.05) is 4.72 Å². The molecular weight excluding hydrogens is 483 g/mol. The number of hydrogen-bond donors (Lipinski definition) is 2. The topological polar surface area (TPSA) is 95.6 Å². The summed E-state index contributed by atoms with van der Waals surface area (Å²) in [6.07, 6.45) is -0.350. The van der Waals surface area contributed by atoms with Crippen LogP contribution in [0.5, 0.6) is 0 Å². The normalized spacial score (nSPS) is 12.0. The van der Waals surface area contributed by atoms with Crippen molar-refractivity contribution in [2.24, 2.45) is 0 Å². The van der Waals surface area contributed by atoms with Gasteiger partial charge in [0.1, 0.15) is 23.5 Å². The summed E-state index contributed by atoms with van der Waals surface area (Å²) in [5, 5.41) is 2.27. The van der Waals surface area contributed by atoms with Crippen molar-refractivity contribution in [2.45, 2.75) is 24.3 Å². The first-order valence-corrected chi connectivity index (χ1v) is 11.8. The van der Waals surface area contributed by atoms with Crippen LogP contribution in [0.4, 0.5) is 23.7 Å². The van der Waals surface area contributed by atoms with Crippen LogP contribution in [0.1, 0.15) is 11.1 Å². The molecule has 2 N–H and O–H groups in total. The van der Waals surface area contributed by atoms with Gasteiger partial charge < -0.3 is 10.2 Å². The highest BCUT2D eigenvalue weighted by Crippen LogP contribution is 2.17. The number of nitrogens with zero attached hydrogens (tertiary/aromatic N) is 1. The molecule has 0 spiro atoms. The quantitative estimate of drug-likeness (QED) is 0.512. The van der Waals surface area contributed by atoms with E-state index >= 15 is 0 Å². The van der Waals surface area contributed by atoms with Crippen LogP contribution in [0, 0.1) is 24.4 Å². The van der Waals surface area contributed by atoms with Crippen LogP contribution < -0.4 is 14.9 Å². The Labute approximate surface area is 200 Å². The standard InChI is InChI=1S/C24H22F3N3O4S/c1-15-5-3-4-6-22(15)35(33,34)29-24(32)28-21(13-16-11-18(26)14-19(27)12-16)23(31)30(2)20-9-7-17(25)8-10-20/h3-12,14,21H,13H2,1-2H3,(H2,28,29,32)/t21-/m0/s1. The van der Waals surface area contributed by atoms with Gasteiger partial charge in [-0.15, -0.1) is 0 Å². The molecule has 1 atom stereocenters. The Morgan fingerprint density at radius 1 is 0.914 bits per heavy atom. The molecule has 0 bridgehead atoms. The summed E-state index contributed by atoms with van der Waals surface area (Å²) in [4.78, 5) is 26.8. The minimum absolute atomic E-state index is 0.0513. The third-order valence-corrected chi connectivity index (χ3v) is 6.61. The van der Waals surface area contributed by atoms with Crippen molar-refractivity contribution in [3.63, 3.8) is 0 Å². The first kappa shape index (κ1) is 25.8. The monoisotopic (exact) mass is 505 g/mol. The van der Waals surface area contributed by atoms with Crippen molar-refractivity contribution >= 4 is 27.6 Å². The van der Waals surface area contributed by atoms with Crippen molar-refractivity contribution in [3.8, 4) is 0 Å². The van der Waals surface area contributed by atoms with E-state index in [4.69, 9.17) is 0 Å². The largest absolute Gasteiger partial charge is 0.329 e. The molecule has 0 heterocycles.